The highest BCUT2D eigenvalue weighted by Crippen LogP contribution is 2.38. The molecule has 4 aromatic rings. The van der Waals surface area contributed by atoms with Crippen LogP contribution in [0.2, 0.25) is 0 Å². The number of benzene rings is 2. The maximum absolute atomic E-state index is 13.4. The number of nitrogens with one attached hydrogen (secondary N) is 3. The molecule has 2 aromatic carbocycles. The highest BCUT2D eigenvalue weighted by atomic mass is 19.4. The van der Waals surface area contributed by atoms with E-state index in [0.29, 0.717) is 40.8 Å². The molecule has 2 heterocycles. The Labute approximate surface area is 227 Å². The summed E-state index contributed by atoms with van der Waals surface area (Å²) in [5.41, 5.74) is 0.408. The fourth-order valence-electron chi connectivity index (χ4n) is 3.71. The third-order valence-electron chi connectivity index (χ3n) is 5.70. The van der Waals surface area contributed by atoms with Gasteiger partial charge in [-0.2, -0.15) is 13.2 Å². The second-order valence-electron chi connectivity index (χ2n) is 8.79. The SMILES string of the molecule is COc1ccc(C(=O)Nc2ccc(OC)c(C(F)(F)F)c2)cc1Nc1ncnc2cnc(NCCN(C)C)nc12. The molecular formula is C26H27F3N8O3. The van der Waals surface area contributed by atoms with Gasteiger partial charge in [-0.1, -0.05) is 0 Å². The summed E-state index contributed by atoms with van der Waals surface area (Å²) < 4.78 is 50.5. The van der Waals surface area contributed by atoms with Crippen molar-refractivity contribution < 1.29 is 27.4 Å². The Morgan fingerprint density at radius 1 is 1.00 bits per heavy atom. The number of carbonyl (C=O) groups is 1. The number of nitrogens with zero attached hydrogens (tertiary/aromatic N) is 5. The van der Waals surface area contributed by atoms with Crippen LogP contribution in [0.1, 0.15) is 15.9 Å². The minimum Gasteiger partial charge on any atom is -0.496 e. The topological polar surface area (TPSA) is 126 Å². The van der Waals surface area contributed by atoms with Crippen LogP contribution in [0.4, 0.5) is 36.3 Å². The number of alkyl halides is 3. The van der Waals surface area contributed by atoms with Crippen molar-refractivity contribution in [2.24, 2.45) is 0 Å². The summed E-state index contributed by atoms with van der Waals surface area (Å²) in [7, 11) is 6.52. The number of carbonyl (C=O) groups excluding carboxylic acids is 1. The van der Waals surface area contributed by atoms with Crippen LogP contribution in [0.3, 0.4) is 0 Å². The molecule has 2 aromatic heterocycles. The number of rotatable bonds is 10. The third-order valence-corrected chi connectivity index (χ3v) is 5.70. The Kier molecular flexibility index (Phi) is 8.48. The first-order chi connectivity index (χ1) is 19.1. The van der Waals surface area contributed by atoms with Gasteiger partial charge in [-0.25, -0.2) is 19.9 Å². The van der Waals surface area contributed by atoms with Gasteiger partial charge < -0.3 is 30.3 Å². The molecule has 11 nitrogen and oxygen atoms in total. The van der Waals surface area contributed by atoms with Gasteiger partial charge in [0.1, 0.15) is 28.9 Å². The lowest BCUT2D eigenvalue weighted by Gasteiger charge is -2.15. The average molecular weight is 557 g/mol. The van der Waals surface area contributed by atoms with E-state index in [2.05, 4.69) is 35.9 Å². The van der Waals surface area contributed by atoms with Crippen molar-refractivity contribution in [3.8, 4) is 11.5 Å². The van der Waals surface area contributed by atoms with Gasteiger partial charge in [0.05, 0.1) is 31.7 Å². The van der Waals surface area contributed by atoms with Gasteiger partial charge in [-0.15, -0.1) is 0 Å². The van der Waals surface area contributed by atoms with Crippen LogP contribution < -0.4 is 25.4 Å². The van der Waals surface area contributed by atoms with E-state index in [1.807, 2.05) is 19.0 Å². The molecule has 0 aliphatic heterocycles. The zero-order valence-electron chi connectivity index (χ0n) is 22.1. The Morgan fingerprint density at radius 3 is 2.45 bits per heavy atom. The lowest BCUT2D eigenvalue weighted by atomic mass is 10.1. The summed E-state index contributed by atoms with van der Waals surface area (Å²) in [4.78, 5) is 32.3. The van der Waals surface area contributed by atoms with Crippen molar-refractivity contribution in [1.29, 1.82) is 0 Å². The normalized spacial score (nSPS) is 11.4. The van der Waals surface area contributed by atoms with E-state index in [4.69, 9.17) is 9.47 Å². The number of hydrogen-bond acceptors (Lipinski definition) is 10. The summed E-state index contributed by atoms with van der Waals surface area (Å²) >= 11 is 0. The van der Waals surface area contributed by atoms with Crippen molar-refractivity contribution in [3.63, 3.8) is 0 Å². The summed E-state index contributed by atoms with van der Waals surface area (Å²) in [5.74, 6) is 0.143. The molecule has 0 unspecified atom stereocenters. The second kappa shape index (κ2) is 12.0. The first-order valence-electron chi connectivity index (χ1n) is 12.0. The Balaban J connectivity index is 1.60. The van der Waals surface area contributed by atoms with Crippen molar-refractivity contribution in [1.82, 2.24) is 24.8 Å². The summed E-state index contributed by atoms with van der Waals surface area (Å²) in [5, 5.41) is 8.76. The van der Waals surface area contributed by atoms with Crippen LogP contribution in [0, 0.1) is 0 Å². The quantitative estimate of drug-likeness (QED) is 0.258. The molecule has 40 heavy (non-hydrogen) atoms. The van der Waals surface area contributed by atoms with Crippen LogP contribution in [-0.4, -0.2) is 72.1 Å². The molecule has 0 aliphatic carbocycles. The maximum atomic E-state index is 13.4. The molecule has 4 rings (SSSR count). The second-order valence-corrected chi connectivity index (χ2v) is 8.79. The molecular weight excluding hydrogens is 529 g/mol. The summed E-state index contributed by atoms with van der Waals surface area (Å²) in [6, 6.07) is 7.82. The molecule has 0 aliphatic rings. The number of methoxy groups -OCH3 is 2. The Morgan fingerprint density at radius 2 is 1.75 bits per heavy atom. The van der Waals surface area contributed by atoms with E-state index in [1.54, 1.807) is 12.3 Å². The number of amides is 1. The zero-order chi connectivity index (χ0) is 28.9. The van der Waals surface area contributed by atoms with Crippen molar-refractivity contribution >= 4 is 40.1 Å². The Hall–Kier alpha value is -4.72. The summed E-state index contributed by atoms with van der Waals surface area (Å²) in [6.45, 7) is 1.40. The molecule has 210 valence electrons. The van der Waals surface area contributed by atoms with Gasteiger partial charge in [0.25, 0.3) is 5.91 Å². The van der Waals surface area contributed by atoms with E-state index in [1.165, 1.54) is 31.6 Å². The van der Waals surface area contributed by atoms with E-state index in [0.717, 1.165) is 25.8 Å². The van der Waals surface area contributed by atoms with E-state index in [-0.39, 0.29) is 17.0 Å². The van der Waals surface area contributed by atoms with Gasteiger partial charge in [0, 0.05) is 24.3 Å². The smallest absolute Gasteiger partial charge is 0.420 e. The van der Waals surface area contributed by atoms with Gasteiger partial charge in [0.2, 0.25) is 5.95 Å². The number of hydrogen-bond donors (Lipinski definition) is 3. The minimum atomic E-state index is -4.66. The lowest BCUT2D eigenvalue weighted by molar-refractivity contribution is -0.138. The van der Waals surface area contributed by atoms with Crippen LogP contribution in [0.15, 0.2) is 48.9 Å². The van der Waals surface area contributed by atoms with Gasteiger partial charge >= 0.3 is 6.18 Å². The first kappa shape index (κ1) is 28.3. The van der Waals surface area contributed by atoms with E-state index >= 15 is 0 Å². The van der Waals surface area contributed by atoms with Crippen LogP contribution in [0.5, 0.6) is 11.5 Å². The number of aromatic nitrogens is 4. The number of ether oxygens (including phenoxy) is 2. The predicted molar refractivity (Wildman–Crippen MR) is 144 cm³/mol. The van der Waals surface area contributed by atoms with Crippen LogP contribution in [-0.2, 0) is 6.18 Å². The minimum absolute atomic E-state index is 0.0451. The molecule has 0 saturated heterocycles. The van der Waals surface area contributed by atoms with E-state index in [9.17, 15) is 18.0 Å². The number of fused-ring (bicyclic) bond motifs is 1. The zero-order valence-corrected chi connectivity index (χ0v) is 22.1. The maximum Gasteiger partial charge on any atom is 0.420 e. The Bertz CT molecular complexity index is 1510. The average Bonchev–Trinajstić information content (AvgIpc) is 2.92. The molecule has 3 N–H and O–H groups in total. The molecule has 0 radical (unpaired) electrons. The molecule has 1 amide bonds. The lowest BCUT2D eigenvalue weighted by Crippen LogP contribution is -2.21. The van der Waals surface area contributed by atoms with Crippen LogP contribution >= 0.6 is 0 Å². The van der Waals surface area contributed by atoms with Crippen molar-refractivity contribution in [2.75, 3.05) is 57.4 Å². The fourth-order valence-corrected chi connectivity index (χ4v) is 3.71. The third kappa shape index (κ3) is 6.64. The van der Waals surface area contributed by atoms with Gasteiger partial charge in [-0.05, 0) is 50.5 Å². The molecule has 0 fully saturated rings. The highest BCUT2D eigenvalue weighted by molar-refractivity contribution is 6.05. The van der Waals surface area contributed by atoms with Gasteiger partial charge in [0.15, 0.2) is 5.82 Å². The number of halogens is 3. The monoisotopic (exact) mass is 556 g/mol. The largest absolute Gasteiger partial charge is 0.496 e. The molecule has 0 atom stereocenters. The molecule has 0 bridgehead atoms. The number of anilines is 4. The molecule has 0 saturated carbocycles. The standard InChI is InChI=1S/C26H27F3N8O3/c1-37(2)10-9-30-25-31-13-19-22(36-25)23(33-14-32-19)35-18-11-15(5-7-21(18)40-4)24(38)34-16-6-8-20(39-3)17(12-16)26(27,28)29/h5-8,11-14H,9-10H2,1-4H3,(H,34,38)(H,30,31,36)(H,32,33,35). The highest BCUT2D eigenvalue weighted by Gasteiger charge is 2.34. The van der Waals surface area contributed by atoms with Gasteiger partial charge in [-0.3, -0.25) is 4.79 Å². The molecule has 14 heteroatoms. The van der Waals surface area contributed by atoms with Crippen molar-refractivity contribution in [2.45, 2.75) is 6.18 Å². The molecule has 0 spiro atoms. The summed E-state index contributed by atoms with van der Waals surface area (Å²) in [6.07, 6.45) is -1.74. The van der Waals surface area contributed by atoms with Crippen molar-refractivity contribution in [3.05, 3.63) is 60.0 Å². The predicted octanol–water partition coefficient (Wildman–Crippen LogP) is 4.43. The van der Waals surface area contributed by atoms with Crippen LogP contribution in [0.25, 0.3) is 11.0 Å². The first-order valence-corrected chi connectivity index (χ1v) is 12.0. The number of likely N-dealkylation sites (N-methyl/N-ethyl adjacent to an activating group) is 1. The van der Waals surface area contributed by atoms with E-state index < -0.39 is 17.6 Å². The fraction of sp³-hybridized carbons (Fsp3) is 0.269.